The molecule has 0 bridgehead atoms. The average molecular weight is 612 g/mol. The highest BCUT2D eigenvalue weighted by Gasteiger charge is 2.19. The van der Waals surface area contributed by atoms with Crippen LogP contribution >= 0.6 is 0 Å². The Morgan fingerprint density at radius 3 is 1.16 bits per heavy atom. The lowest BCUT2D eigenvalue weighted by Gasteiger charge is -2.21. The van der Waals surface area contributed by atoms with Gasteiger partial charge in [0.2, 0.25) is 0 Å². The van der Waals surface area contributed by atoms with Crippen LogP contribution in [0.1, 0.15) is 11.1 Å². The first kappa shape index (κ1) is 34.6. The van der Waals surface area contributed by atoms with E-state index in [0.717, 1.165) is 32.7 Å². The lowest BCUT2D eigenvalue weighted by Crippen LogP contribution is -2.18. The molecule has 12 heteroatoms. The Kier molecular flexibility index (Phi) is 12.9. The second kappa shape index (κ2) is 16.9. The summed E-state index contributed by atoms with van der Waals surface area (Å²) in [5, 5.41) is 44.6. The summed E-state index contributed by atoms with van der Waals surface area (Å²) in [6.45, 7) is 0.667. The molecule has 8 nitrogen and oxygen atoms in total. The highest BCUT2D eigenvalue weighted by molar-refractivity contribution is 6.09. The van der Waals surface area contributed by atoms with E-state index in [0.29, 0.717) is 54.7 Å². The summed E-state index contributed by atoms with van der Waals surface area (Å²) in [4.78, 5) is 0. The van der Waals surface area contributed by atoms with Gasteiger partial charge in [-0.1, -0.05) is 49.5 Å². The Morgan fingerprint density at radius 2 is 0.800 bits per heavy atom. The minimum Gasteiger partial charge on any atom is -0.491 e. The van der Waals surface area contributed by atoms with E-state index in [1.165, 1.54) is 0 Å². The maximum Gasteiger partial charge on any atom is 0.123 e. The number of fused-ring (bicyclic) bond motifs is 2. The third kappa shape index (κ3) is 9.36. The minimum absolute atomic E-state index is 0.146. The summed E-state index contributed by atoms with van der Waals surface area (Å²) in [5.74, 6) is 2.53. The van der Waals surface area contributed by atoms with Crippen molar-refractivity contribution in [3.8, 4) is 23.0 Å². The van der Waals surface area contributed by atoms with Crippen molar-refractivity contribution in [2.45, 2.75) is 56.1 Å². The van der Waals surface area contributed by atoms with Crippen LogP contribution in [0.4, 0.5) is 0 Å². The van der Waals surface area contributed by atoms with Crippen LogP contribution in [0.2, 0.25) is 25.3 Å². The van der Waals surface area contributed by atoms with Gasteiger partial charge in [0, 0.05) is 17.5 Å². The van der Waals surface area contributed by atoms with Crippen LogP contribution in [-0.4, -0.2) is 103 Å². The van der Waals surface area contributed by atoms with Crippen molar-refractivity contribution in [2.75, 3.05) is 26.4 Å². The van der Waals surface area contributed by atoms with E-state index in [2.05, 4.69) is 0 Å². The van der Waals surface area contributed by atoms with Crippen LogP contribution in [0.15, 0.2) is 60.7 Å². The van der Waals surface area contributed by atoms with Crippen molar-refractivity contribution in [1.82, 2.24) is 0 Å². The molecule has 4 aromatic carbocycles. The smallest absolute Gasteiger partial charge is 0.123 e. The molecule has 0 radical (unpaired) electrons. The molecular weight excluding hydrogens is 568 g/mol. The zero-order valence-electron chi connectivity index (χ0n) is 26.9. The highest BCUT2D eigenvalue weighted by atomic mass is 16.5. The van der Waals surface area contributed by atoms with Crippen molar-refractivity contribution in [1.29, 1.82) is 0 Å². The topological polar surface area (TPSA) is 118 Å². The van der Waals surface area contributed by atoms with E-state index in [9.17, 15) is 20.4 Å². The zero-order chi connectivity index (χ0) is 32.3. The molecule has 4 N–H and O–H groups in total. The summed E-state index contributed by atoms with van der Waals surface area (Å²) in [7, 11) is 7.64. The van der Waals surface area contributed by atoms with Gasteiger partial charge in [0.25, 0.3) is 0 Å². The fraction of sp³-hybridized carbons (Fsp3) is 0.394. The number of rotatable bonds is 18. The Morgan fingerprint density at radius 1 is 0.467 bits per heavy atom. The Balaban J connectivity index is 1.86. The highest BCUT2D eigenvalue weighted by Crippen LogP contribution is 2.38. The van der Waals surface area contributed by atoms with Gasteiger partial charge in [0.1, 0.15) is 80.8 Å². The molecule has 0 amide bonds. The molecule has 4 atom stereocenters. The molecule has 4 aromatic rings. The van der Waals surface area contributed by atoms with Gasteiger partial charge in [-0.2, -0.15) is 0 Å². The second-order valence-electron chi connectivity index (χ2n) is 11.5. The van der Waals surface area contributed by atoms with Crippen LogP contribution in [0.3, 0.4) is 0 Å². The van der Waals surface area contributed by atoms with Gasteiger partial charge < -0.3 is 39.4 Å². The Labute approximate surface area is 269 Å². The molecule has 236 valence electrons. The van der Waals surface area contributed by atoms with Crippen molar-refractivity contribution < 1.29 is 39.4 Å². The van der Waals surface area contributed by atoms with Crippen LogP contribution in [0, 0.1) is 0 Å². The molecule has 0 aliphatic rings. The third-order valence-electron chi connectivity index (χ3n) is 8.11. The monoisotopic (exact) mass is 612 g/mol. The van der Waals surface area contributed by atoms with E-state index in [1.807, 2.05) is 92.0 Å². The first-order valence-electron chi connectivity index (χ1n) is 16.1. The predicted molar refractivity (Wildman–Crippen MR) is 190 cm³/mol. The maximum absolute atomic E-state index is 10.3. The average Bonchev–Trinajstić information content (AvgIpc) is 3.07. The fourth-order valence-corrected chi connectivity index (χ4v) is 4.90. The largest absolute Gasteiger partial charge is 0.491 e. The second-order valence-corrected chi connectivity index (χ2v) is 11.5. The number of hydrogen-bond acceptors (Lipinski definition) is 8. The molecule has 4 rings (SSSR count). The van der Waals surface area contributed by atoms with Crippen LogP contribution in [0.5, 0.6) is 23.0 Å². The fourth-order valence-electron chi connectivity index (χ4n) is 4.90. The molecule has 0 aliphatic carbocycles. The zero-order valence-corrected chi connectivity index (χ0v) is 26.9. The van der Waals surface area contributed by atoms with Gasteiger partial charge >= 0.3 is 0 Å². The summed E-state index contributed by atoms with van der Waals surface area (Å²) in [6, 6.07) is 19.5. The van der Waals surface area contributed by atoms with Gasteiger partial charge in [0.15, 0.2) is 0 Å². The third-order valence-corrected chi connectivity index (χ3v) is 8.11. The lowest BCUT2D eigenvalue weighted by molar-refractivity contribution is 0.122. The minimum atomic E-state index is -0.607. The summed E-state index contributed by atoms with van der Waals surface area (Å²) in [5.41, 5.74) is 1.77. The predicted octanol–water partition coefficient (Wildman–Crippen LogP) is 0.748. The molecule has 0 aliphatic heterocycles. The van der Waals surface area contributed by atoms with Crippen molar-refractivity contribution in [2.24, 2.45) is 0 Å². The summed E-state index contributed by atoms with van der Waals surface area (Å²) >= 11 is 0. The van der Waals surface area contributed by atoms with Crippen molar-refractivity contribution in [3.05, 3.63) is 71.8 Å². The Bertz CT molecular complexity index is 1410. The Hall–Kier alpha value is -3.30. The molecule has 0 saturated heterocycles. The lowest BCUT2D eigenvalue weighted by atomic mass is 9.93. The van der Waals surface area contributed by atoms with E-state index in [1.54, 1.807) is 0 Å². The summed E-state index contributed by atoms with van der Waals surface area (Å²) < 4.78 is 24.4. The van der Waals surface area contributed by atoms with Gasteiger partial charge in [-0.25, -0.2) is 0 Å². The molecule has 45 heavy (non-hydrogen) atoms. The maximum atomic E-state index is 10.3. The quantitative estimate of drug-likeness (QED) is 0.122. The van der Waals surface area contributed by atoms with Crippen molar-refractivity contribution >= 4 is 52.9 Å². The van der Waals surface area contributed by atoms with Gasteiger partial charge in [-0.05, 0) is 57.9 Å². The number of ether oxygens (including phenoxy) is 4. The van der Waals surface area contributed by atoms with Gasteiger partial charge in [0.05, 0.1) is 24.4 Å². The molecule has 0 heterocycles. The van der Waals surface area contributed by atoms with Crippen LogP contribution < -0.4 is 18.9 Å². The molecule has 0 saturated carbocycles. The number of hydrogen-bond donors (Lipinski definition) is 4. The normalized spacial score (nSPS) is 14.1. The van der Waals surface area contributed by atoms with Crippen LogP contribution in [0.25, 0.3) is 21.5 Å². The first-order chi connectivity index (χ1) is 21.8. The van der Waals surface area contributed by atoms with Crippen LogP contribution in [-0.2, 0) is 6.42 Å². The first-order valence-corrected chi connectivity index (χ1v) is 16.1. The van der Waals surface area contributed by atoms with E-state index >= 15 is 0 Å². The van der Waals surface area contributed by atoms with Crippen molar-refractivity contribution in [3.63, 3.8) is 0 Å². The van der Waals surface area contributed by atoms with E-state index in [4.69, 9.17) is 18.9 Å². The molecular formula is C33H44B4O8. The van der Waals surface area contributed by atoms with Gasteiger partial charge in [-0.3, -0.25) is 0 Å². The molecule has 4 unspecified atom stereocenters. The van der Waals surface area contributed by atoms with E-state index in [-0.39, 0.29) is 26.4 Å². The van der Waals surface area contributed by atoms with Gasteiger partial charge in [-0.15, -0.1) is 0 Å². The van der Waals surface area contributed by atoms with E-state index < -0.39 is 24.4 Å². The number of aliphatic hydroxyl groups is 4. The molecule has 0 aromatic heterocycles. The number of aliphatic hydroxyl groups excluding tert-OH is 4. The number of benzene rings is 4. The summed E-state index contributed by atoms with van der Waals surface area (Å²) in [6.07, 6.45) is 0.392. The standard InChI is InChI=1S/C33H44B4O8/c34-12-22(38)16-42-26-5-1-20-3-7-32(44-18-24(40)14-36)30(28(20)9-26)11-31-29-10-27(43-17-23(39)13-35)6-2-21(29)4-8-33(31)45-19-25(41)15-37/h1-10,22-25,38-41H,11-19,34-37H2. The molecule has 0 spiro atoms. The SMILES string of the molecule is BCC(O)COc1ccc2ccc(OCC(O)CB)c(Cc3c(OCC(O)CB)ccc4ccc(OCC(O)CB)cc34)c2c1. The molecule has 0 fully saturated rings.